The number of Topliss-reactive ketones (excluding diaryl/α,β-unsaturated/α-hetero) is 1. The molecule has 1 N–H and O–H groups in total. The summed E-state index contributed by atoms with van der Waals surface area (Å²) < 4.78 is 19.4. The van der Waals surface area contributed by atoms with Crippen molar-refractivity contribution in [2.45, 2.75) is 23.1 Å². The molecule has 1 aliphatic rings. The number of aliphatic hydroxyl groups excluding tert-OH is 1. The SMILES string of the molecule is CCOc1cccc(C2C(=C(O)c3ccc(Cl)cc3)C(=O)C(=O)N2c2nnc(SCc3ccc(F)cc3)s2)c1. The highest BCUT2D eigenvalue weighted by atomic mass is 35.5. The van der Waals surface area contributed by atoms with Crippen LogP contribution in [-0.2, 0) is 15.3 Å². The van der Waals surface area contributed by atoms with Crippen LogP contribution in [0.4, 0.5) is 9.52 Å². The van der Waals surface area contributed by atoms with Crippen LogP contribution in [0.5, 0.6) is 5.75 Å². The highest BCUT2D eigenvalue weighted by molar-refractivity contribution is 8.00. The molecule has 5 rings (SSSR count). The Morgan fingerprint density at radius 2 is 1.85 bits per heavy atom. The van der Waals surface area contributed by atoms with Crippen LogP contribution in [0.3, 0.4) is 0 Å². The zero-order valence-electron chi connectivity index (χ0n) is 20.5. The number of ether oxygens (including phenoxy) is 1. The molecule has 7 nitrogen and oxygen atoms in total. The van der Waals surface area contributed by atoms with Gasteiger partial charge in [-0.25, -0.2) is 4.39 Å². The maximum atomic E-state index is 13.4. The third-order valence-corrected chi connectivity index (χ3v) is 8.30. The summed E-state index contributed by atoms with van der Waals surface area (Å²) in [6.45, 7) is 2.28. The third-order valence-electron chi connectivity index (χ3n) is 5.92. The minimum Gasteiger partial charge on any atom is -0.507 e. The van der Waals surface area contributed by atoms with Crippen molar-refractivity contribution in [3.63, 3.8) is 0 Å². The number of hydrogen-bond acceptors (Lipinski definition) is 8. The summed E-state index contributed by atoms with van der Waals surface area (Å²) >= 11 is 8.53. The van der Waals surface area contributed by atoms with Gasteiger partial charge < -0.3 is 9.84 Å². The van der Waals surface area contributed by atoms with E-state index in [0.29, 0.717) is 38.6 Å². The van der Waals surface area contributed by atoms with E-state index in [0.717, 1.165) is 16.9 Å². The van der Waals surface area contributed by atoms with E-state index in [2.05, 4.69) is 10.2 Å². The molecule has 1 aromatic heterocycles. The number of aromatic nitrogens is 2. The van der Waals surface area contributed by atoms with Gasteiger partial charge in [0.25, 0.3) is 5.78 Å². The summed E-state index contributed by atoms with van der Waals surface area (Å²) in [5.74, 6) is -1.24. The second kappa shape index (κ2) is 11.6. The van der Waals surface area contributed by atoms with Crippen molar-refractivity contribution >= 4 is 57.3 Å². The van der Waals surface area contributed by atoms with Crippen LogP contribution < -0.4 is 9.64 Å². The molecule has 1 fully saturated rings. The molecule has 2 heterocycles. The van der Waals surface area contributed by atoms with Gasteiger partial charge in [-0.15, -0.1) is 10.2 Å². The monoisotopic (exact) mass is 581 g/mol. The number of aliphatic hydroxyl groups is 1. The van der Waals surface area contributed by atoms with Crippen molar-refractivity contribution in [3.8, 4) is 5.75 Å². The lowest BCUT2D eigenvalue weighted by atomic mass is 9.95. The van der Waals surface area contributed by atoms with Crippen LogP contribution in [0.1, 0.15) is 29.7 Å². The highest BCUT2D eigenvalue weighted by Crippen LogP contribution is 2.44. The standard InChI is InChI=1S/C28H21ClFN3O4S2/c1-2-37-21-5-3-4-18(14-21)23-22(24(34)17-8-10-19(29)11-9-17)25(35)26(36)33(23)27-31-32-28(39-27)38-15-16-6-12-20(30)13-7-16/h3-14,23,34H,2,15H2,1H3. The molecule has 0 radical (unpaired) electrons. The van der Waals surface area contributed by atoms with Crippen LogP contribution in [0.2, 0.25) is 5.02 Å². The van der Waals surface area contributed by atoms with Gasteiger partial charge in [0, 0.05) is 16.3 Å². The molecule has 1 unspecified atom stereocenters. The molecule has 4 aromatic rings. The first kappa shape index (κ1) is 26.9. The summed E-state index contributed by atoms with van der Waals surface area (Å²) in [4.78, 5) is 28.0. The molecule has 3 aromatic carbocycles. The predicted molar refractivity (Wildman–Crippen MR) is 150 cm³/mol. The van der Waals surface area contributed by atoms with Gasteiger partial charge in [-0.1, -0.05) is 59.0 Å². The predicted octanol–water partition coefficient (Wildman–Crippen LogP) is 6.65. The summed E-state index contributed by atoms with van der Waals surface area (Å²) in [6, 6.07) is 18.5. The Morgan fingerprint density at radius 3 is 2.56 bits per heavy atom. The molecule has 39 heavy (non-hydrogen) atoms. The molecule has 1 atom stereocenters. The fourth-order valence-corrected chi connectivity index (χ4v) is 6.08. The van der Waals surface area contributed by atoms with Gasteiger partial charge >= 0.3 is 5.91 Å². The molecule has 1 amide bonds. The number of thioether (sulfide) groups is 1. The smallest absolute Gasteiger partial charge is 0.301 e. The fourth-order valence-electron chi connectivity index (χ4n) is 4.13. The number of rotatable bonds is 8. The van der Waals surface area contributed by atoms with E-state index in [9.17, 15) is 19.1 Å². The number of carbonyl (C=O) groups excluding carboxylic acids is 2. The van der Waals surface area contributed by atoms with Gasteiger partial charge in [-0.05, 0) is 66.6 Å². The molecule has 198 valence electrons. The minimum absolute atomic E-state index is 0.0771. The van der Waals surface area contributed by atoms with E-state index in [1.807, 2.05) is 6.92 Å². The number of halogens is 2. The van der Waals surface area contributed by atoms with Crippen LogP contribution in [0.25, 0.3) is 5.76 Å². The quantitative estimate of drug-likeness (QED) is 0.0819. The lowest BCUT2D eigenvalue weighted by molar-refractivity contribution is -0.132. The fraction of sp³-hybridized carbons (Fsp3) is 0.143. The zero-order chi connectivity index (χ0) is 27.5. The number of ketones is 1. The first-order valence-corrected chi connectivity index (χ1v) is 14.0. The van der Waals surface area contributed by atoms with Gasteiger partial charge in [0.05, 0.1) is 18.2 Å². The third kappa shape index (κ3) is 5.68. The van der Waals surface area contributed by atoms with Crippen molar-refractivity contribution in [3.05, 3.63) is 106 Å². The van der Waals surface area contributed by atoms with E-state index in [-0.39, 0.29) is 22.3 Å². The Morgan fingerprint density at radius 1 is 1.10 bits per heavy atom. The first-order chi connectivity index (χ1) is 18.9. The highest BCUT2D eigenvalue weighted by Gasteiger charge is 2.48. The molecule has 11 heteroatoms. The molecular formula is C28H21ClFN3O4S2. The second-order valence-electron chi connectivity index (χ2n) is 8.45. The van der Waals surface area contributed by atoms with Gasteiger partial charge in [0.1, 0.15) is 17.3 Å². The maximum Gasteiger partial charge on any atom is 0.301 e. The number of hydrogen-bond donors (Lipinski definition) is 1. The van der Waals surface area contributed by atoms with Gasteiger partial charge in [-0.3, -0.25) is 14.5 Å². The van der Waals surface area contributed by atoms with Gasteiger partial charge in [0.15, 0.2) is 4.34 Å². The van der Waals surface area contributed by atoms with E-state index in [1.54, 1.807) is 60.7 Å². The maximum absolute atomic E-state index is 13.4. The lowest BCUT2D eigenvalue weighted by Crippen LogP contribution is -2.29. The van der Waals surface area contributed by atoms with Crippen molar-refractivity contribution in [1.82, 2.24) is 10.2 Å². The van der Waals surface area contributed by atoms with E-state index >= 15 is 0 Å². The van der Waals surface area contributed by atoms with Crippen LogP contribution in [0, 0.1) is 5.82 Å². The lowest BCUT2D eigenvalue weighted by Gasteiger charge is -2.23. The zero-order valence-corrected chi connectivity index (χ0v) is 22.9. The Bertz CT molecular complexity index is 1560. The molecule has 0 aliphatic carbocycles. The van der Waals surface area contributed by atoms with Crippen LogP contribution in [0.15, 0.2) is 82.7 Å². The summed E-state index contributed by atoms with van der Waals surface area (Å²) in [5.41, 5.74) is 1.73. The number of amides is 1. The summed E-state index contributed by atoms with van der Waals surface area (Å²) in [7, 11) is 0. The Hall–Kier alpha value is -3.73. The molecular weight excluding hydrogens is 561 g/mol. The van der Waals surface area contributed by atoms with Crippen LogP contribution >= 0.6 is 34.7 Å². The Kier molecular flexibility index (Phi) is 7.97. The van der Waals surface area contributed by atoms with Crippen molar-refractivity contribution < 1.29 is 23.8 Å². The number of nitrogens with zero attached hydrogens (tertiary/aromatic N) is 3. The number of anilines is 1. The average molecular weight is 582 g/mol. The van der Waals surface area contributed by atoms with E-state index in [4.69, 9.17) is 16.3 Å². The molecule has 0 saturated carbocycles. The van der Waals surface area contributed by atoms with E-state index in [1.165, 1.54) is 28.8 Å². The minimum atomic E-state index is -0.969. The normalized spacial score (nSPS) is 16.6. The number of benzene rings is 3. The van der Waals surface area contributed by atoms with Gasteiger partial charge in [0.2, 0.25) is 5.13 Å². The van der Waals surface area contributed by atoms with Crippen molar-refractivity contribution in [2.75, 3.05) is 11.5 Å². The van der Waals surface area contributed by atoms with Gasteiger partial charge in [-0.2, -0.15) is 0 Å². The van der Waals surface area contributed by atoms with Crippen LogP contribution in [-0.4, -0.2) is 33.6 Å². The molecule has 0 spiro atoms. The summed E-state index contributed by atoms with van der Waals surface area (Å²) in [6.07, 6.45) is 0. The van der Waals surface area contributed by atoms with Crippen molar-refractivity contribution in [1.29, 1.82) is 0 Å². The van der Waals surface area contributed by atoms with Crippen molar-refractivity contribution in [2.24, 2.45) is 0 Å². The molecule has 1 saturated heterocycles. The largest absolute Gasteiger partial charge is 0.507 e. The Balaban J connectivity index is 1.54. The second-order valence-corrected chi connectivity index (χ2v) is 11.1. The molecule has 0 bridgehead atoms. The summed E-state index contributed by atoms with van der Waals surface area (Å²) in [5, 5.41) is 20.3. The Labute approximate surface area is 236 Å². The average Bonchev–Trinajstić information content (AvgIpc) is 3.51. The topological polar surface area (TPSA) is 92.6 Å². The molecule has 1 aliphatic heterocycles. The van der Waals surface area contributed by atoms with E-state index < -0.39 is 17.7 Å². The first-order valence-electron chi connectivity index (χ1n) is 11.9. The number of carbonyl (C=O) groups is 2.